The minimum atomic E-state index is -3.63. The summed E-state index contributed by atoms with van der Waals surface area (Å²) < 4.78 is 27.6. The van der Waals surface area contributed by atoms with Crippen LogP contribution in [0.5, 0.6) is 0 Å². The molecule has 0 aliphatic carbocycles. The number of benzene rings is 1. The van der Waals surface area contributed by atoms with Crippen LogP contribution in [-0.2, 0) is 22.8 Å². The van der Waals surface area contributed by atoms with E-state index >= 15 is 0 Å². The summed E-state index contributed by atoms with van der Waals surface area (Å²) in [6.45, 7) is 0. The Morgan fingerprint density at radius 3 is 2.38 bits per heavy atom. The second kappa shape index (κ2) is 4.89. The van der Waals surface area contributed by atoms with Crippen molar-refractivity contribution < 1.29 is 8.42 Å². The molecule has 108 valence electrons. The highest BCUT2D eigenvalue weighted by atomic mass is 32.2. The maximum Gasteiger partial charge on any atom is 0.275 e. The number of pyridine rings is 1. The maximum atomic E-state index is 12.6. The summed E-state index contributed by atoms with van der Waals surface area (Å²) in [7, 11) is -2.03. The van der Waals surface area contributed by atoms with E-state index < -0.39 is 10.0 Å². The van der Waals surface area contributed by atoms with E-state index in [9.17, 15) is 13.2 Å². The van der Waals surface area contributed by atoms with Crippen LogP contribution in [0.1, 0.15) is 5.56 Å². The molecule has 0 saturated heterocycles. The van der Waals surface area contributed by atoms with Gasteiger partial charge in [0.15, 0.2) is 0 Å². The third-order valence-corrected chi connectivity index (χ3v) is 4.98. The molecule has 0 bridgehead atoms. The molecule has 0 unspecified atom stereocenters. The molecule has 5 nitrogen and oxygen atoms in total. The quantitative estimate of drug-likeness (QED) is 0.740. The number of nitrogens with zero attached hydrogens (tertiary/aromatic N) is 2. The van der Waals surface area contributed by atoms with Gasteiger partial charge in [-0.05, 0) is 17.7 Å². The Morgan fingerprint density at radius 1 is 1.00 bits per heavy atom. The Labute approximate surface area is 122 Å². The first-order valence-electron chi connectivity index (χ1n) is 6.43. The maximum absolute atomic E-state index is 12.6. The summed E-state index contributed by atoms with van der Waals surface area (Å²) in [5, 5.41) is 0.620. The Bertz CT molecular complexity index is 953. The van der Waals surface area contributed by atoms with Crippen molar-refractivity contribution in [1.29, 1.82) is 0 Å². The number of fused-ring (bicyclic) bond motifs is 1. The van der Waals surface area contributed by atoms with Crippen LogP contribution in [0.3, 0.4) is 0 Å². The summed E-state index contributed by atoms with van der Waals surface area (Å²) in [6, 6.07) is 12.3. The van der Waals surface area contributed by atoms with Gasteiger partial charge in [0.2, 0.25) is 10.0 Å². The molecule has 2 heterocycles. The molecular formula is C15H14N2O3S. The Hall–Kier alpha value is -2.34. The van der Waals surface area contributed by atoms with Crippen molar-refractivity contribution in [3.63, 3.8) is 0 Å². The van der Waals surface area contributed by atoms with Crippen LogP contribution in [0.2, 0.25) is 0 Å². The standard InChI is InChI=1S/C15H14N2O3S/c1-16-9-7-13-8-10-17(14(13)15(16)18)21(19,20)11-12-5-3-2-4-6-12/h2-10H,11H2,1H3. The van der Waals surface area contributed by atoms with E-state index in [1.54, 1.807) is 49.6 Å². The van der Waals surface area contributed by atoms with Gasteiger partial charge in [0, 0.05) is 24.8 Å². The average Bonchev–Trinajstić information content (AvgIpc) is 2.89. The normalized spacial score (nSPS) is 11.9. The van der Waals surface area contributed by atoms with Crippen LogP contribution in [-0.4, -0.2) is 17.0 Å². The number of hydrogen-bond acceptors (Lipinski definition) is 3. The second-order valence-corrected chi connectivity index (χ2v) is 6.74. The Balaban J connectivity index is 2.16. The van der Waals surface area contributed by atoms with Gasteiger partial charge in [-0.1, -0.05) is 30.3 Å². The van der Waals surface area contributed by atoms with E-state index in [2.05, 4.69) is 0 Å². The molecule has 0 radical (unpaired) electrons. The summed E-state index contributed by atoms with van der Waals surface area (Å²) in [5.41, 5.74) is 0.553. The zero-order chi connectivity index (χ0) is 15.0. The predicted molar refractivity (Wildman–Crippen MR) is 81.6 cm³/mol. The predicted octanol–water partition coefficient (Wildman–Crippen LogP) is 1.72. The molecule has 2 aromatic heterocycles. The average molecular weight is 302 g/mol. The van der Waals surface area contributed by atoms with E-state index in [-0.39, 0.29) is 16.8 Å². The number of aryl methyl sites for hydroxylation is 1. The van der Waals surface area contributed by atoms with Crippen molar-refractivity contribution in [2.24, 2.45) is 7.05 Å². The van der Waals surface area contributed by atoms with Gasteiger partial charge in [-0.25, -0.2) is 12.4 Å². The first-order valence-corrected chi connectivity index (χ1v) is 8.04. The first kappa shape index (κ1) is 13.6. The molecule has 0 amide bonds. The summed E-state index contributed by atoms with van der Waals surface area (Å²) in [5.74, 6) is -0.143. The van der Waals surface area contributed by atoms with Crippen LogP contribution >= 0.6 is 0 Å². The van der Waals surface area contributed by atoms with Gasteiger partial charge in [-0.3, -0.25) is 4.79 Å². The lowest BCUT2D eigenvalue weighted by Gasteiger charge is -2.08. The smallest absolute Gasteiger partial charge is 0.275 e. The van der Waals surface area contributed by atoms with Gasteiger partial charge in [0.1, 0.15) is 5.52 Å². The Kier molecular flexibility index (Phi) is 3.17. The highest BCUT2D eigenvalue weighted by Gasteiger charge is 2.18. The largest absolute Gasteiger partial charge is 0.317 e. The van der Waals surface area contributed by atoms with Gasteiger partial charge in [-0.2, -0.15) is 0 Å². The molecule has 0 aliphatic heterocycles. The molecule has 1 aromatic carbocycles. The van der Waals surface area contributed by atoms with Crippen molar-refractivity contribution in [3.8, 4) is 0 Å². The molecule has 0 atom stereocenters. The fourth-order valence-corrected chi connectivity index (χ4v) is 3.75. The molecule has 21 heavy (non-hydrogen) atoms. The molecule has 0 fully saturated rings. The number of aromatic nitrogens is 2. The second-order valence-electron chi connectivity index (χ2n) is 4.89. The monoisotopic (exact) mass is 302 g/mol. The van der Waals surface area contributed by atoms with Crippen molar-refractivity contribution in [1.82, 2.24) is 8.54 Å². The molecule has 0 aliphatic rings. The lowest BCUT2D eigenvalue weighted by atomic mass is 10.2. The van der Waals surface area contributed by atoms with E-state index in [1.165, 1.54) is 10.8 Å². The van der Waals surface area contributed by atoms with Crippen LogP contribution in [0, 0.1) is 0 Å². The van der Waals surface area contributed by atoms with Crippen molar-refractivity contribution in [3.05, 3.63) is 70.8 Å². The minimum Gasteiger partial charge on any atom is -0.317 e. The van der Waals surface area contributed by atoms with E-state index in [0.29, 0.717) is 10.9 Å². The summed E-state index contributed by atoms with van der Waals surface area (Å²) >= 11 is 0. The molecular weight excluding hydrogens is 288 g/mol. The van der Waals surface area contributed by atoms with Crippen molar-refractivity contribution in [2.45, 2.75) is 5.75 Å². The van der Waals surface area contributed by atoms with Gasteiger partial charge >= 0.3 is 0 Å². The number of rotatable bonds is 3. The van der Waals surface area contributed by atoms with Crippen LogP contribution in [0.15, 0.2) is 59.7 Å². The Morgan fingerprint density at radius 2 is 1.67 bits per heavy atom. The topological polar surface area (TPSA) is 61.1 Å². The first-order chi connectivity index (χ1) is 9.99. The summed E-state index contributed by atoms with van der Waals surface area (Å²) in [6.07, 6.45) is 3.06. The van der Waals surface area contributed by atoms with E-state index in [4.69, 9.17) is 0 Å². The lowest BCUT2D eigenvalue weighted by molar-refractivity contribution is 0.588. The van der Waals surface area contributed by atoms with Crippen LogP contribution in [0.25, 0.3) is 10.9 Å². The fourth-order valence-electron chi connectivity index (χ4n) is 2.29. The lowest BCUT2D eigenvalue weighted by Crippen LogP contribution is -2.22. The van der Waals surface area contributed by atoms with Crippen molar-refractivity contribution in [2.75, 3.05) is 0 Å². The molecule has 0 N–H and O–H groups in total. The van der Waals surface area contributed by atoms with Crippen LogP contribution in [0.4, 0.5) is 0 Å². The van der Waals surface area contributed by atoms with Gasteiger partial charge < -0.3 is 4.57 Å². The molecule has 3 rings (SSSR count). The third kappa shape index (κ3) is 2.38. The highest BCUT2D eigenvalue weighted by molar-refractivity contribution is 7.89. The molecule has 0 spiro atoms. The van der Waals surface area contributed by atoms with E-state index in [1.807, 2.05) is 6.07 Å². The fraction of sp³-hybridized carbons (Fsp3) is 0.133. The molecule has 3 aromatic rings. The summed E-state index contributed by atoms with van der Waals surface area (Å²) in [4.78, 5) is 12.2. The zero-order valence-electron chi connectivity index (χ0n) is 11.4. The SMILES string of the molecule is Cn1ccc2ccn(S(=O)(=O)Cc3ccccc3)c2c1=O. The molecule has 6 heteroatoms. The minimum absolute atomic E-state index is 0.143. The van der Waals surface area contributed by atoms with Crippen molar-refractivity contribution >= 4 is 20.9 Å². The van der Waals surface area contributed by atoms with Gasteiger partial charge in [0.25, 0.3) is 5.56 Å². The van der Waals surface area contributed by atoms with Crippen LogP contribution < -0.4 is 5.56 Å². The van der Waals surface area contributed by atoms with Gasteiger partial charge in [-0.15, -0.1) is 0 Å². The third-order valence-electron chi connectivity index (χ3n) is 3.38. The number of hydrogen-bond donors (Lipinski definition) is 0. The highest BCUT2D eigenvalue weighted by Crippen LogP contribution is 2.16. The van der Waals surface area contributed by atoms with E-state index in [0.717, 1.165) is 3.97 Å². The zero-order valence-corrected chi connectivity index (χ0v) is 12.2. The molecule has 0 saturated carbocycles. The van der Waals surface area contributed by atoms with Gasteiger partial charge in [0.05, 0.1) is 5.75 Å².